The molecule has 1 saturated heterocycles. The molecule has 3 atom stereocenters. The Balaban J connectivity index is 1.48. The van der Waals surface area contributed by atoms with Crippen LogP contribution >= 0.6 is 0 Å². The standard InChI is InChI=1S/C16H27N3/c17-12-15(18-14-7-8-14)9-11-19-10-3-5-13-4-1-2-6-16(13)19/h13-16,18H,1-11H2. The lowest BCUT2D eigenvalue weighted by Crippen LogP contribution is -2.48. The van der Waals surface area contributed by atoms with Crippen molar-refractivity contribution in [1.29, 1.82) is 5.26 Å². The molecule has 0 radical (unpaired) electrons. The summed E-state index contributed by atoms with van der Waals surface area (Å²) in [4.78, 5) is 2.70. The van der Waals surface area contributed by atoms with Crippen LogP contribution in [0.2, 0.25) is 0 Å². The first-order valence-electron chi connectivity index (χ1n) is 8.26. The highest BCUT2D eigenvalue weighted by Gasteiger charge is 2.33. The highest BCUT2D eigenvalue weighted by molar-refractivity contribution is 4.97. The van der Waals surface area contributed by atoms with Crippen LogP contribution in [0.25, 0.3) is 0 Å². The van der Waals surface area contributed by atoms with Crippen LogP contribution in [-0.2, 0) is 0 Å². The van der Waals surface area contributed by atoms with Gasteiger partial charge in [0.1, 0.15) is 0 Å². The fraction of sp³-hybridized carbons (Fsp3) is 0.938. The molecule has 0 aromatic heterocycles. The number of likely N-dealkylation sites (tertiary alicyclic amines) is 1. The van der Waals surface area contributed by atoms with Gasteiger partial charge >= 0.3 is 0 Å². The smallest absolute Gasteiger partial charge is 0.0967 e. The van der Waals surface area contributed by atoms with Crippen molar-refractivity contribution in [1.82, 2.24) is 10.2 Å². The minimum atomic E-state index is 0.0801. The van der Waals surface area contributed by atoms with Crippen molar-refractivity contribution >= 4 is 0 Å². The molecule has 0 bridgehead atoms. The zero-order chi connectivity index (χ0) is 13.1. The molecule has 1 N–H and O–H groups in total. The molecular formula is C16H27N3. The summed E-state index contributed by atoms with van der Waals surface area (Å²) >= 11 is 0. The maximum Gasteiger partial charge on any atom is 0.0967 e. The largest absolute Gasteiger partial charge is 0.300 e. The van der Waals surface area contributed by atoms with Crippen molar-refractivity contribution in [3.63, 3.8) is 0 Å². The summed E-state index contributed by atoms with van der Waals surface area (Å²) in [5.74, 6) is 0.958. The van der Waals surface area contributed by atoms with Crippen molar-refractivity contribution < 1.29 is 0 Å². The molecular weight excluding hydrogens is 234 g/mol. The predicted molar refractivity (Wildman–Crippen MR) is 76.7 cm³/mol. The monoisotopic (exact) mass is 261 g/mol. The van der Waals surface area contributed by atoms with E-state index in [-0.39, 0.29) is 6.04 Å². The molecule has 0 spiro atoms. The summed E-state index contributed by atoms with van der Waals surface area (Å²) in [6.07, 6.45) is 12.1. The summed E-state index contributed by atoms with van der Waals surface area (Å²) in [5.41, 5.74) is 0. The highest BCUT2D eigenvalue weighted by Crippen LogP contribution is 2.35. The van der Waals surface area contributed by atoms with Crippen LogP contribution in [0.15, 0.2) is 0 Å². The Hall–Kier alpha value is -0.590. The summed E-state index contributed by atoms with van der Waals surface area (Å²) in [6.45, 7) is 2.39. The van der Waals surface area contributed by atoms with E-state index in [1.807, 2.05) is 0 Å². The highest BCUT2D eigenvalue weighted by atomic mass is 15.2. The molecule has 3 rings (SSSR count). The molecule has 3 unspecified atom stereocenters. The number of nitrogens with one attached hydrogen (secondary N) is 1. The third-order valence-electron chi connectivity index (χ3n) is 5.23. The molecule has 0 amide bonds. The molecule has 0 aromatic rings. The van der Waals surface area contributed by atoms with Gasteiger partial charge in [-0.1, -0.05) is 12.8 Å². The normalized spacial score (nSPS) is 33.4. The lowest BCUT2D eigenvalue weighted by molar-refractivity contribution is 0.0589. The molecule has 19 heavy (non-hydrogen) atoms. The maximum atomic E-state index is 9.23. The van der Waals surface area contributed by atoms with Gasteiger partial charge in [0, 0.05) is 18.6 Å². The summed E-state index contributed by atoms with van der Waals surface area (Å²) in [5, 5.41) is 12.7. The maximum absolute atomic E-state index is 9.23. The van der Waals surface area contributed by atoms with Crippen molar-refractivity contribution in [2.24, 2.45) is 5.92 Å². The van der Waals surface area contributed by atoms with Crippen LogP contribution in [0.5, 0.6) is 0 Å². The van der Waals surface area contributed by atoms with E-state index < -0.39 is 0 Å². The van der Waals surface area contributed by atoms with Crippen molar-refractivity contribution in [2.45, 2.75) is 75.9 Å². The lowest BCUT2D eigenvalue weighted by Gasteiger charge is -2.44. The molecule has 2 saturated carbocycles. The van der Waals surface area contributed by atoms with Crippen molar-refractivity contribution in [3.05, 3.63) is 0 Å². The second-order valence-corrected chi connectivity index (χ2v) is 6.70. The summed E-state index contributed by atoms with van der Waals surface area (Å²) in [7, 11) is 0. The summed E-state index contributed by atoms with van der Waals surface area (Å²) < 4.78 is 0. The molecule has 3 heteroatoms. The lowest BCUT2D eigenvalue weighted by atomic mass is 9.78. The predicted octanol–water partition coefficient (Wildman–Crippen LogP) is 2.68. The van der Waals surface area contributed by atoms with Crippen molar-refractivity contribution in [2.75, 3.05) is 13.1 Å². The zero-order valence-electron chi connectivity index (χ0n) is 12.0. The Morgan fingerprint density at radius 2 is 1.89 bits per heavy atom. The minimum Gasteiger partial charge on any atom is -0.300 e. The third kappa shape index (κ3) is 3.49. The Kier molecular flexibility index (Phi) is 4.40. The van der Waals surface area contributed by atoms with Crippen LogP contribution in [-0.4, -0.2) is 36.1 Å². The average Bonchev–Trinajstić information content (AvgIpc) is 3.27. The molecule has 1 heterocycles. The van der Waals surface area contributed by atoms with E-state index in [0.717, 1.165) is 24.9 Å². The van der Waals surface area contributed by atoms with E-state index >= 15 is 0 Å². The van der Waals surface area contributed by atoms with E-state index in [9.17, 15) is 5.26 Å². The van der Waals surface area contributed by atoms with Gasteiger partial charge in [-0.15, -0.1) is 0 Å². The fourth-order valence-corrected chi connectivity index (χ4v) is 4.02. The molecule has 3 nitrogen and oxygen atoms in total. The summed E-state index contributed by atoms with van der Waals surface area (Å²) in [6, 6.07) is 4.01. The molecule has 3 aliphatic rings. The second-order valence-electron chi connectivity index (χ2n) is 6.70. The van der Waals surface area contributed by atoms with E-state index in [0.29, 0.717) is 6.04 Å². The van der Waals surface area contributed by atoms with Crippen LogP contribution in [0.3, 0.4) is 0 Å². The minimum absolute atomic E-state index is 0.0801. The van der Waals surface area contributed by atoms with Crippen LogP contribution in [0.1, 0.15) is 57.8 Å². The first kappa shape index (κ1) is 13.4. The molecule has 3 fully saturated rings. The van der Waals surface area contributed by atoms with Gasteiger partial charge in [-0.05, 0) is 57.4 Å². The van der Waals surface area contributed by atoms with Gasteiger partial charge < -0.3 is 4.90 Å². The Morgan fingerprint density at radius 1 is 1.11 bits per heavy atom. The zero-order valence-corrected chi connectivity index (χ0v) is 12.0. The SMILES string of the molecule is N#CC(CCN1CCCC2CCCCC21)NC1CC1. The number of nitrogens with zero attached hydrogens (tertiary/aromatic N) is 2. The first-order chi connectivity index (χ1) is 9.36. The molecule has 0 aromatic carbocycles. The number of nitriles is 1. The van der Waals surface area contributed by atoms with Crippen LogP contribution < -0.4 is 5.32 Å². The number of hydrogen-bond acceptors (Lipinski definition) is 3. The Bertz CT molecular complexity index is 329. The van der Waals surface area contributed by atoms with Gasteiger partial charge in [-0.3, -0.25) is 5.32 Å². The Morgan fingerprint density at radius 3 is 2.68 bits per heavy atom. The topological polar surface area (TPSA) is 39.1 Å². The van der Waals surface area contributed by atoms with Gasteiger partial charge in [-0.2, -0.15) is 5.26 Å². The van der Waals surface area contributed by atoms with Gasteiger partial charge in [0.2, 0.25) is 0 Å². The van der Waals surface area contributed by atoms with Crippen LogP contribution in [0, 0.1) is 17.2 Å². The number of piperidine rings is 1. The fourth-order valence-electron chi connectivity index (χ4n) is 4.02. The van der Waals surface area contributed by atoms with Crippen LogP contribution in [0.4, 0.5) is 0 Å². The van der Waals surface area contributed by atoms with E-state index in [4.69, 9.17) is 0 Å². The van der Waals surface area contributed by atoms with Gasteiger partial charge in [0.05, 0.1) is 12.1 Å². The second kappa shape index (κ2) is 6.24. The van der Waals surface area contributed by atoms with Crippen molar-refractivity contribution in [3.8, 4) is 6.07 Å². The third-order valence-corrected chi connectivity index (χ3v) is 5.23. The number of hydrogen-bond donors (Lipinski definition) is 1. The van der Waals surface area contributed by atoms with E-state index in [1.54, 1.807) is 0 Å². The van der Waals surface area contributed by atoms with E-state index in [2.05, 4.69) is 16.3 Å². The van der Waals surface area contributed by atoms with Gasteiger partial charge in [-0.25, -0.2) is 0 Å². The molecule has 106 valence electrons. The van der Waals surface area contributed by atoms with E-state index in [1.165, 1.54) is 57.9 Å². The number of fused-ring (bicyclic) bond motifs is 1. The molecule has 2 aliphatic carbocycles. The Labute approximate surface area is 117 Å². The number of rotatable bonds is 5. The van der Waals surface area contributed by atoms with Gasteiger partial charge in [0.25, 0.3) is 0 Å². The first-order valence-corrected chi connectivity index (χ1v) is 8.26. The molecule has 1 aliphatic heterocycles. The quantitative estimate of drug-likeness (QED) is 0.827. The van der Waals surface area contributed by atoms with Gasteiger partial charge in [0.15, 0.2) is 0 Å². The average molecular weight is 261 g/mol.